The molecule has 22 heavy (non-hydrogen) atoms. The quantitative estimate of drug-likeness (QED) is 0.659. The minimum Gasteiger partial charge on any atom is -0.382 e. The minimum atomic E-state index is -0.329. The van der Waals surface area contributed by atoms with Gasteiger partial charge in [0, 0.05) is 52.0 Å². The van der Waals surface area contributed by atoms with Gasteiger partial charge in [-0.1, -0.05) is 6.92 Å². The molecule has 0 spiro atoms. The van der Waals surface area contributed by atoms with Crippen LogP contribution in [0, 0.1) is 5.92 Å². The maximum absolute atomic E-state index is 12.2. The number of rotatable bonds is 7. The maximum Gasteiger partial charge on any atom is 0.250 e. The van der Waals surface area contributed by atoms with Crippen LogP contribution in [0.1, 0.15) is 26.7 Å². The van der Waals surface area contributed by atoms with Crippen molar-refractivity contribution in [2.24, 2.45) is 5.92 Å². The molecule has 2 fully saturated rings. The fourth-order valence-corrected chi connectivity index (χ4v) is 3.19. The summed E-state index contributed by atoms with van der Waals surface area (Å²) in [5.41, 5.74) is 0. The Labute approximate surface area is 133 Å². The summed E-state index contributed by atoms with van der Waals surface area (Å²) in [7, 11) is 0. The minimum absolute atomic E-state index is 0.0360. The van der Waals surface area contributed by atoms with Crippen LogP contribution in [-0.4, -0.2) is 75.5 Å². The number of nitrogens with zero attached hydrogens (tertiary/aromatic N) is 1. The summed E-state index contributed by atoms with van der Waals surface area (Å²) in [6.07, 6.45) is 1.77. The fourth-order valence-electron chi connectivity index (χ4n) is 3.19. The summed E-state index contributed by atoms with van der Waals surface area (Å²) in [6, 6.07) is 0.265. The van der Waals surface area contributed by atoms with Gasteiger partial charge in [0.25, 0.3) is 5.91 Å². The highest BCUT2D eigenvalue weighted by molar-refractivity contribution is 5.81. The molecule has 3 atom stereocenters. The first-order valence-corrected chi connectivity index (χ1v) is 8.63. The fraction of sp³-hybridized carbons (Fsp3) is 0.938. The lowest BCUT2D eigenvalue weighted by molar-refractivity contribution is -0.135. The zero-order valence-corrected chi connectivity index (χ0v) is 14.0. The molecule has 6 nitrogen and oxygen atoms in total. The number of nitrogens with one attached hydrogen (secondary N) is 2. The van der Waals surface area contributed by atoms with Crippen molar-refractivity contribution in [1.29, 1.82) is 0 Å². The normalized spacial score (nSPS) is 30.2. The zero-order valence-electron chi connectivity index (χ0n) is 14.0. The van der Waals surface area contributed by atoms with Gasteiger partial charge in [-0.05, 0) is 25.7 Å². The van der Waals surface area contributed by atoms with Gasteiger partial charge in [-0.25, -0.2) is 0 Å². The van der Waals surface area contributed by atoms with Crippen LogP contribution >= 0.6 is 0 Å². The number of hydrogen-bond acceptors (Lipinski definition) is 5. The Hall–Kier alpha value is -0.690. The smallest absolute Gasteiger partial charge is 0.250 e. The third-order valence-corrected chi connectivity index (χ3v) is 4.50. The lowest BCUT2D eigenvalue weighted by Gasteiger charge is -2.38. The monoisotopic (exact) mass is 313 g/mol. The van der Waals surface area contributed by atoms with Crippen LogP contribution in [0.2, 0.25) is 0 Å². The summed E-state index contributed by atoms with van der Waals surface area (Å²) in [5, 5.41) is 6.38. The van der Waals surface area contributed by atoms with Crippen LogP contribution in [0.15, 0.2) is 0 Å². The second kappa shape index (κ2) is 9.45. The molecule has 2 rings (SSSR count). The highest BCUT2D eigenvalue weighted by atomic mass is 16.5. The molecule has 2 saturated heterocycles. The summed E-state index contributed by atoms with van der Waals surface area (Å²) >= 11 is 0. The first-order chi connectivity index (χ1) is 10.7. The van der Waals surface area contributed by atoms with Crippen LogP contribution < -0.4 is 10.6 Å². The van der Waals surface area contributed by atoms with Gasteiger partial charge in [0.05, 0.1) is 6.61 Å². The molecule has 0 aromatic rings. The Morgan fingerprint density at radius 1 is 1.50 bits per heavy atom. The molecule has 2 aliphatic heterocycles. The van der Waals surface area contributed by atoms with Crippen LogP contribution in [0.4, 0.5) is 0 Å². The first-order valence-electron chi connectivity index (χ1n) is 8.63. The summed E-state index contributed by atoms with van der Waals surface area (Å²) in [5.74, 6) is 0.509. The molecule has 0 aromatic heterocycles. The van der Waals surface area contributed by atoms with E-state index < -0.39 is 0 Å². The largest absolute Gasteiger partial charge is 0.382 e. The highest BCUT2D eigenvalue weighted by Crippen LogP contribution is 2.17. The van der Waals surface area contributed by atoms with Crippen LogP contribution in [0.25, 0.3) is 0 Å². The predicted molar refractivity (Wildman–Crippen MR) is 85.9 cm³/mol. The van der Waals surface area contributed by atoms with Crippen molar-refractivity contribution in [3.8, 4) is 0 Å². The van der Waals surface area contributed by atoms with Gasteiger partial charge in [0.2, 0.25) is 0 Å². The number of ether oxygens (including phenoxy) is 2. The molecule has 2 heterocycles. The lowest BCUT2D eigenvalue weighted by atomic mass is 9.93. The Kier molecular flexibility index (Phi) is 7.59. The van der Waals surface area contributed by atoms with Gasteiger partial charge >= 0.3 is 0 Å². The number of hydrogen-bond donors (Lipinski definition) is 2. The van der Waals surface area contributed by atoms with E-state index in [9.17, 15) is 4.79 Å². The van der Waals surface area contributed by atoms with Gasteiger partial charge in [0.1, 0.15) is 6.10 Å². The van der Waals surface area contributed by atoms with E-state index in [0.29, 0.717) is 19.1 Å². The maximum atomic E-state index is 12.2. The van der Waals surface area contributed by atoms with E-state index in [1.54, 1.807) is 0 Å². The van der Waals surface area contributed by atoms with Crippen molar-refractivity contribution < 1.29 is 14.3 Å². The van der Waals surface area contributed by atoms with Gasteiger partial charge in [0.15, 0.2) is 0 Å². The molecule has 0 aliphatic carbocycles. The summed E-state index contributed by atoms with van der Waals surface area (Å²) in [6.45, 7) is 11.1. The van der Waals surface area contributed by atoms with Crippen molar-refractivity contribution in [2.75, 3.05) is 52.5 Å². The zero-order chi connectivity index (χ0) is 15.8. The molecule has 2 aliphatic rings. The van der Waals surface area contributed by atoms with Crippen molar-refractivity contribution in [3.05, 3.63) is 0 Å². The van der Waals surface area contributed by atoms with E-state index >= 15 is 0 Å². The van der Waals surface area contributed by atoms with E-state index in [0.717, 1.165) is 52.2 Å². The number of carbonyl (C=O) groups is 1. The van der Waals surface area contributed by atoms with Crippen LogP contribution in [0.3, 0.4) is 0 Å². The van der Waals surface area contributed by atoms with Gasteiger partial charge in [-0.15, -0.1) is 0 Å². The number of morpholine rings is 1. The van der Waals surface area contributed by atoms with E-state index in [1.165, 1.54) is 0 Å². The van der Waals surface area contributed by atoms with Crippen molar-refractivity contribution in [3.63, 3.8) is 0 Å². The molecule has 2 N–H and O–H groups in total. The second-order valence-corrected chi connectivity index (χ2v) is 6.30. The van der Waals surface area contributed by atoms with Crippen LogP contribution in [0.5, 0.6) is 0 Å². The first kappa shape index (κ1) is 17.7. The van der Waals surface area contributed by atoms with E-state index in [1.807, 2.05) is 6.92 Å². The van der Waals surface area contributed by atoms with Gasteiger partial charge < -0.3 is 25.0 Å². The Bertz CT molecular complexity index is 335. The van der Waals surface area contributed by atoms with E-state index in [2.05, 4.69) is 22.5 Å². The van der Waals surface area contributed by atoms with Gasteiger partial charge in [-0.3, -0.25) is 4.79 Å². The lowest BCUT2D eigenvalue weighted by Crippen LogP contribution is -2.55. The average Bonchev–Trinajstić information content (AvgIpc) is 2.55. The number of amides is 1. The molecular formula is C16H31N3O3. The molecule has 0 bridgehead atoms. The molecule has 3 unspecified atom stereocenters. The third-order valence-electron chi connectivity index (χ3n) is 4.50. The number of carbonyl (C=O) groups excluding carboxylic acids is 1. The van der Waals surface area contributed by atoms with Crippen LogP contribution in [-0.2, 0) is 14.3 Å². The molecular weight excluding hydrogens is 282 g/mol. The second-order valence-electron chi connectivity index (χ2n) is 6.30. The summed E-state index contributed by atoms with van der Waals surface area (Å²) in [4.78, 5) is 14.7. The molecule has 6 heteroatoms. The standard InChI is InChI=1S/C16H31N3O3/c1-3-21-9-4-7-19-8-5-14(13(2)12-19)18-16(20)15-11-17-6-10-22-15/h13-15,17H,3-12H2,1-2H3,(H,18,20). The topological polar surface area (TPSA) is 62.8 Å². The Morgan fingerprint density at radius 2 is 2.36 bits per heavy atom. The van der Waals surface area contributed by atoms with E-state index in [4.69, 9.17) is 9.47 Å². The van der Waals surface area contributed by atoms with Crippen molar-refractivity contribution >= 4 is 5.91 Å². The van der Waals surface area contributed by atoms with Crippen molar-refractivity contribution in [1.82, 2.24) is 15.5 Å². The molecule has 1 amide bonds. The van der Waals surface area contributed by atoms with Gasteiger partial charge in [-0.2, -0.15) is 0 Å². The number of piperidine rings is 1. The molecule has 0 radical (unpaired) electrons. The Balaban J connectivity index is 1.67. The third kappa shape index (κ3) is 5.50. The summed E-state index contributed by atoms with van der Waals surface area (Å²) < 4.78 is 10.9. The number of likely N-dealkylation sites (tertiary alicyclic amines) is 1. The molecule has 0 saturated carbocycles. The SMILES string of the molecule is CCOCCCN1CCC(NC(=O)C2CNCCO2)C(C)C1. The average molecular weight is 313 g/mol. The molecule has 128 valence electrons. The molecule has 0 aromatic carbocycles. The highest BCUT2D eigenvalue weighted by Gasteiger charge is 2.30. The van der Waals surface area contributed by atoms with Crippen molar-refractivity contribution in [2.45, 2.75) is 38.8 Å². The Morgan fingerprint density at radius 3 is 3.05 bits per heavy atom. The predicted octanol–water partition coefficient (Wildman–Crippen LogP) is 0.228. The van der Waals surface area contributed by atoms with E-state index in [-0.39, 0.29) is 18.1 Å².